The number of nitrogens with one attached hydrogen (secondary N) is 1. The molecule has 0 saturated carbocycles. The number of hydrogen-bond donors (Lipinski definition) is 2. The molecule has 2 heterocycles. The van der Waals surface area contributed by atoms with Crippen molar-refractivity contribution in [3.8, 4) is 16.3 Å². The summed E-state index contributed by atoms with van der Waals surface area (Å²) in [7, 11) is 0. The molecule has 0 aliphatic carbocycles. The Kier molecular flexibility index (Phi) is 7.32. The molecule has 5 rings (SSSR count). The summed E-state index contributed by atoms with van der Waals surface area (Å²) in [5.41, 5.74) is 4.23. The van der Waals surface area contributed by atoms with E-state index in [1.807, 2.05) is 18.2 Å². The molecule has 0 saturated heterocycles. The topological polar surface area (TPSA) is 91.8 Å². The van der Waals surface area contributed by atoms with E-state index in [0.717, 1.165) is 33.1 Å². The van der Waals surface area contributed by atoms with E-state index < -0.39 is 17.9 Å². The van der Waals surface area contributed by atoms with Gasteiger partial charge in [-0.3, -0.25) is 14.8 Å². The molecular weight excluding hydrogens is 486 g/mol. The first-order valence-electron chi connectivity index (χ1n) is 12.4. The van der Waals surface area contributed by atoms with Crippen LogP contribution in [0.25, 0.3) is 21.3 Å². The second-order valence-corrected chi connectivity index (χ2v) is 10.3. The van der Waals surface area contributed by atoms with Crippen molar-refractivity contribution in [2.45, 2.75) is 45.7 Å². The molecule has 0 fully saturated rings. The summed E-state index contributed by atoms with van der Waals surface area (Å²) in [4.78, 5) is 30.2. The molecule has 1 unspecified atom stereocenters. The second-order valence-electron chi connectivity index (χ2n) is 9.11. The lowest BCUT2D eigenvalue weighted by molar-refractivity contribution is -0.180. The maximum atomic E-state index is 12.4. The minimum absolute atomic E-state index is 0.0666. The van der Waals surface area contributed by atoms with Gasteiger partial charge in [0.2, 0.25) is 0 Å². The highest BCUT2D eigenvalue weighted by Crippen LogP contribution is 2.33. The van der Waals surface area contributed by atoms with Crippen LogP contribution in [0.2, 0.25) is 0 Å². The number of aromatic nitrogens is 1. The van der Waals surface area contributed by atoms with Crippen molar-refractivity contribution in [3.05, 3.63) is 82.4 Å². The Hall–Kier alpha value is -3.59. The molecule has 7 nitrogen and oxygen atoms in total. The van der Waals surface area contributed by atoms with Crippen LogP contribution in [-0.2, 0) is 29.0 Å². The molecule has 0 radical (unpaired) electrons. The van der Waals surface area contributed by atoms with Crippen molar-refractivity contribution in [1.29, 1.82) is 0 Å². The number of fused-ring (bicyclic) bond motifs is 2. The van der Waals surface area contributed by atoms with Gasteiger partial charge in [0.15, 0.2) is 0 Å². The van der Waals surface area contributed by atoms with Crippen molar-refractivity contribution in [1.82, 2.24) is 15.4 Å². The van der Waals surface area contributed by atoms with Gasteiger partial charge in [-0.05, 0) is 47.4 Å². The van der Waals surface area contributed by atoms with E-state index in [9.17, 15) is 14.8 Å². The number of benzene rings is 3. The Morgan fingerprint density at radius 2 is 1.95 bits per heavy atom. The van der Waals surface area contributed by atoms with Crippen LogP contribution in [0.5, 0.6) is 5.75 Å². The first kappa shape index (κ1) is 25.1. The van der Waals surface area contributed by atoms with Crippen LogP contribution in [0, 0.1) is 6.92 Å². The van der Waals surface area contributed by atoms with E-state index in [4.69, 9.17) is 9.72 Å². The van der Waals surface area contributed by atoms with Crippen LogP contribution >= 0.6 is 11.3 Å². The molecule has 37 heavy (non-hydrogen) atoms. The fourth-order valence-electron chi connectivity index (χ4n) is 4.63. The Morgan fingerprint density at radius 1 is 1.14 bits per heavy atom. The standard InChI is InChI=1S/C29H29N3O4S/c1-3-27(33)32(35)29(34)26-16-20-11-12-22(15-21(20)17-30-26)36-14-13-25-18(2)37-28(31-25)24-10-6-8-19-7-4-5-9-23(19)24/h4-12,15,26,30,35H,3,13-14,16-17H2,1-2H3. The first-order chi connectivity index (χ1) is 17.9. The third-order valence-electron chi connectivity index (χ3n) is 6.71. The number of aryl methyl sites for hydroxylation is 1. The van der Waals surface area contributed by atoms with E-state index in [1.165, 1.54) is 15.6 Å². The van der Waals surface area contributed by atoms with Crippen LogP contribution in [0.3, 0.4) is 0 Å². The normalized spacial score (nSPS) is 14.8. The zero-order chi connectivity index (χ0) is 25.9. The van der Waals surface area contributed by atoms with E-state index in [2.05, 4.69) is 54.7 Å². The summed E-state index contributed by atoms with van der Waals surface area (Å²) in [6.45, 7) is 4.66. The average Bonchev–Trinajstić information content (AvgIpc) is 3.30. The molecule has 190 valence electrons. The van der Waals surface area contributed by atoms with Gasteiger partial charge in [-0.2, -0.15) is 5.06 Å². The summed E-state index contributed by atoms with van der Waals surface area (Å²) < 4.78 is 6.05. The van der Waals surface area contributed by atoms with E-state index in [-0.39, 0.29) is 11.5 Å². The third kappa shape index (κ3) is 5.27. The number of carbonyl (C=O) groups is 2. The van der Waals surface area contributed by atoms with Gasteiger partial charge >= 0.3 is 0 Å². The van der Waals surface area contributed by atoms with Crippen LogP contribution < -0.4 is 10.1 Å². The highest BCUT2D eigenvalue weighted by molar-refractivity contribution is 7.15. The van der Waals surface area contributed by atoms with E-state index >= 15 is 0 Å². The number of imide groups is 1. The molecule has 8 heteroatoms. The highest BCUT2D eigenvalue weighted by atomic mass is 32.1. The minimum Gasteiger partial charge on any atom is -0.493 e. The van der Waals surface area contributed by atoms with E-state index in [0.29, 0.717) is 26.0 Å². The quantitative estimate of drug-likeness (QED) is 0.264. The van der Waals surface area contributed by atoms with Crippen molar-refractivity contribution < 1.29 is 19.5 Å². The second kappa shape index (κ2) is 10.8. The molecule has 2 amide bonds. The lowest BCUT2D eigenvalue weighted by atomic mass is 9.95. The lowest BCUT2D eigenvalue weighted by Gasteiger charge is -2.27. The van der Waals surface area contributed by atoms with E-state index in [1.54, 1.807) is 18.3 Å². The first-order valence-corrected chi connectivity index (χ1v) is 13.2. The van der Waals surface area contributed by atoms with Gasteiger partial charge in [0, 0.05) is 29.8 Å². The maximum Gasteiger partial charge on any atom is 0.270 e. The Labute approximate surface area is 219 Å². The number of hydrogen-bond acceptors (Lipinski definition) is 7. The molecular formula is C29H29N3O4S. The maximum absolute atomic E-state index is 12.4. The Bertz CT molecular complexity index is 1460. The molecule has 4 aromatic rings. The SMILES string of the molecule is CCC(=O)N(O)C(=O)C1Cc2ccc(OCCc3nc(-c4cccc5ccccc45)sc3C)cc2CN1. The summed E-state index contributed by atoms with van der Waals surface area (Å²) in [5, 5.41) is 16.6. The monoisotopic (exact) mass is 515 g/mol. The smallest absolute Gasteiger partial charge is 0.270 e. The fraction of sp³-hybridized carbons (Fsp3) is 0.276. The van der Waals surface area contributed by atoms with Gasteiger partial charge < -0.3 is 10.1 Å². The number of hydroxylamine groups is 2. The third-order valence-corrected chi connectivity index (χ3v) is 7.75. The van der Waals surface area contributed by atoms with Crippen LogP contribution in [0.15, 0.2) is 60.7 Å². The van der Waals surface area contributed by atoms with Crippen molar-refractivity contribution in [3.63, 3.8) is 0 Å². The Balaban J connectivity index is 1.21. The number of amides is 2. The molecule has 3 aromatic carbocycles. The summed E-state index contributed by atoms with van der Waals surface area (Å²) in [6, 6.07) is 19.9. The van der Waals surface area contributed by atoms with Gasteiger partial charge in [-0.15, -0.1) is 11.3 Å². The zero-order valence-electron chi connectivity index (χ0n) is 20.9. The van der Waals surface area contributed by atoms with Crippen molar-refractivity contribution >= 4 is 33.9 Å². The predicted molar refractivity (Wildman–Crippen MR) is 144 cm³/mol. The summed E-state index contributed by atoms with van der Waals surface area (Å²) >= 11 is 1.71. The molecule has 1 aliphatic rings. The molecule has 0 spiro atoms. The summed E-state index contributed by atoms with van der Waals surface area (Å²) in [6.07, 6.45) is 1.17. The Morgan fingerprint density at radius 3 is 2.78 bits per heavy atom. The van der Waals surface area contributed by atoms with Gasteiger partial charge in [-0.1, -0.05) is 55.5 Å². The van der Waals surface area contributed by atoms with Crippen molar-refractivity contribution in [2.24, 2.45) is 0 Å². The number of thiazole rings is 1. The molecule has 0 bridgehead atoms. The van der Waals surface area contributed by atoms with Crippen LogP contribution in [0.4, 0.5) is 0 Å². The van der Waals surface area contributed by atoms with Crippen molar-refractivity contribution in [2.75, 3.05) is 6.61 Å². The van der Waals surface area contributed by atoms with Crippen LogP contribution in [0.1, 0.15) is 35.0 Å². The van der Waals surface area contributed by atoms with Gasteiger partial charge in [0.25, 0.3) is 11.8 Å². The molecule has 1 atom stereocenters. The fourth-order valence-corrected chi connectivity index (χ4v) is 5.63. The molecule has 1 aromatic heterocycles. The van der Waals surface area contributed by atoms with Crippen LogP contribution in [-0.4, -0.2) is 39.7 Å². The molecule has 1 aliphatic heterocycles. The average molecular weight is 516 g/mol. The van der Waals surface area contributed by atoms with Gasteiger partial charge in [0.1, 0.15) is 10.8 Å². The number of rotatable bonds is 7. The molecule has 2 N–H and O–H groups in total. The number of ether oxygens (including phenoxy) is 1. The highest BCUT2D eigenvalue weighted by Gasteiger charge is 2.30. The largest absolute Gasteiger partial charge is 0.493 e. The lowest BCUT2D eigenvalue weighted by Crippen LogP contribution is -2.50. The number of carbonyl (C=O) groups excluding carboxylic acids is 2. The predicted octanol–water partition coefficient (Wildman–Crippen LogP) is 5.06. The van der Waals surface area contributed by atoms with Gasteiger partial charge in [0.05, 0.1) is 18.3 Å². The summed E-state index contributed by atoms with van der Waals surface area (Å²) in [5.74, 6) is -0.474. The zero-order valence-corrected chi connectivity index (χ0v) is 21.7. The number of nitrogens with zero attached hydrogens (tertiary/aromatic N) is 2. The minimum atomic E-state index is -0.636. The van der Waals surface area contributed by atoms with Gasteiger partial charge in [-0.25, -0.2) is 4.98 Å².